The first-order valence-corrected chi connectivity index (χ1v) is 4.14. The van der Waals surface area contributed by atoms with Gasteiger partial charge in [-0.2, -0.15) is 23.8 Å². The van der Waals surface area contributed by atoms with E-state index in [1.807, 2.05) is 0 Å². The molecule has 1 aromatic rings. The molecule has 0 atom stereocenters. The monoisotopic (exact) mass is 135 g/mol. The molecule has 10 heavy (non-hydrogen) atoms. The van der Waals surface area contributed by atoms with E-state index in [1.54, 1.807) is 0 Å². The van der Waals surface area contributed by atoms with Crippen molar-refractivity contribution in [2.75, 3.05) is 0 Å². The zero-order valence-electron chi connectivity index (χ0n) is 6.64. The SMILES string of the molecule is CCCCCc1cc[cH-]c1. The van der Waals surface area contributed by atoms with Gasteiger partial charge < -0.3 is 0 Å². The van der Waals surface area contributed by atoms with Crippen molar-refractivity contribution >= 4 is 0 Å². The minimum atomic E-state index is 1.26. The number of unbranched alkanes of at least 4 members (excludes halogenated alkanes) is 2. The number of hydrogen-bond donors (Lipinski definition) is 0. The minimum Gasteiger partial charge on any atom is -0.211 e. The maximum absolute atomic E-state index is 2.24. The van der Waals surface area contributed by atoms with Gasteiger partial charge in [0.2, 0.25) is 0 Å². The van der Waals surface area contributed by atoms with Crippen molar-refractivity contribution in [3.8, 4) is 0 Å². The fourth-order valence-corrected chi connectivity index (χ4v) is 1.16. The lowest BCUT2D eigenvalue weighted by molar-refractivity contribution is 0.718. The van der Waals surface area contributed by atoms with Gasteiger partial charge in [0, 0.05) is 0 Å². The van der Waals surface area contributed by atoms with Crippen LogP contribution in [0.4, 0.5) is 0 Å². The van der Waals surface area contributed by atoms with Crippen molar-refractivity contribution in [3.05, 3.63) is 29.8 Å². The van der Waals surface area contributed by atoms with Crippen LogP contribution in [-0.4, -0.2) is 0 Å². The van der Waals surface area contributed by atoms with E-state index in [4.69, 9.17) is 0 Å². The highest BCUT2D eigenvalue weighted by molar-refractivity contribution is 5.15. The third kappa shape index (κ3) is 2.30. The van der Waals surface area contributed by atoms with Crippen molar-refractivity contribution in [2.24, 2.45) is 0 Å². The quantitative estimate of drug-likeness (QED) is 0.439. The molecule has 0 N–H and O–H groups in total. The Morgan fingerprint density at radius 3 is 2.90 bits per heavy atom. The molecule has 0 radical (unpaired) electrons. The highest BCUT2D eigenvalue weighted by Gasteiger charge is 1.83. The van der Waals surface area contributed by atoms with Crippen molar-refractivity contribution in [1.29, 1.82) is 0 Å². The fourth-order valence-electron chi connectivity index (χ4n) is 1.16. The molecule has 0 aliphatic carbocycles. The third-order valence-corrected chi connectivity index (χ3v) is 1.80. The Kier molecular flexibility index (Phi) is 3.14. The van der Waals surface area contributed by atoms with E-state index in [0.717, 1.165) is 0 Å². The lowest BCUT2D eigenvalue weighted by Crippen LogP contribution is -1.80. The van der Waals surface area contributed by atoms with Gasteiger partial charge in [-0.25, -0.2) is 6.07 Å². The van der Waals surface area contributed by atoms with Crippen LogP contribution in [0.2, 0.25) is 0 Å². The molecule has 0 aromatic heterocycles. The van der Waals surface area contributed by atoms with Gasteiger partial charge in [-0.15, -0.1) is 0 Å². The standard InChI is InChI=1S/C10H15/c1-2-3-4-7-10-8-5-6-9-10/h5-6,8-9H,2-4,7H2,1H3/q-1. The van der Waals surface area contributed by atoms with Crippen LogP contribution in [0.15, 0.2) is 24.3 Å². The first-order chi connectivity index (χ1) is 4.93. The van der Waals surface area contributed by atoms with Gasteiger partial charge >= 0.3 is 0 Å². The van der Waals surface area contributed by atoms with Crippen LogP contribution >= 0.6 is 0 Å². The van der Waals surface area contributed by atoms with Crippen LogP contribution in [-0.2, 0) is 6.42 Å². The zero-order chi connectivity index (χ0) is 7.23. The second-order valence-electron chi connectivity index (χ2n) is 2.75. The van der Waals surface area contributed by atoms with Gasteiger partial charge in [-0.1, -0.05) is 32.6 Å². The number of rotatable bonds is 4. The smallest absolute Gasteiger partial charge is 0.0543 e. The Bertz CT molecular complexity index is 149. The molecule has 0 saturated carbocycles. The van der Waals surface area contributed by atoms with Gasteiger partial charge in [0.05, 0.1) is 0 Å². The van der Waals surface area contributed by atoms with Crippen molar-refractivity contribution in [3.63, 3.8) is 0 Å². The van der Waals surface area contributed by atoms with Crippen molar-refractivity contribution < 1.29 is 0 Å². The van der Waals surface area contributed by atoms with Gasteiger partial charge in [0.15, 0.2) is 0 Å². The summed E-state index contributed by atoms with van der Waals surface area (Å²) in [5.41, 5.74) is 1.49. The first-order valence-electron chi connectivity index (χ1n) is 4.14. The van der Waals surface area contributed by atoms with Crippen molar-refractivity contribution in [2.45, 2.75) is 32.6 Å². The second kappa shape index (κ2) is 4.21. The second-order valence-corrected chi connectivity index (χ2v) is 2.75. The molecule has 0 nitrogen and oxygen atoms in total. The molecular weight excluding hydrogens is 120 g/mol. The molecule has 1 rings (SSSR count). The minimum absolute atomic E-state index is 1.26. The first kappa shape index (κ1) is 7.46. The molecule has 0 heteroatoms. The molecule has 0 unspecified atom stereocenters. The van der Waals surface area contributed by atoms with Crippen LogP contribution in [0.1, 0.15) is 31.7 Å². The summed E-state index contributed by atoms with van der Waals surface area (Å²) >= 11 is 0. The molecule has 0 aliphatic heterocycles. The van der Waals surface area contributed by atoms with Gasteiger partial charge in [-0.05, 0) is 0 Å². The predicted molar refractivity (Wildman–Crippen MR) is 45.3 cm³/mol. The van der Waals surface area contributed by atoms with E-state index >= 15 is 0 Å². The van der Waals surface area contributed by atoms with Crippen molar-refractivity contribution in [1.82, 2.24) is 0 Å². The molecule has 0 saturated heterocycles. The van der Waals surface area contributed by atoms with Crippen LogP contribution < -0.4 is 0 Å². The Hall–Kier alpha value is -0.650. The maximum Gasteiger partial charge on any atom is -0.0543 e. The van der Waals surface area contributed by atoms with E-state index < -0.39 is 0 Å². The van der Waals surface area contributed by atoms with E-state index in [2.05, 4.69) is 31.2 Å². The largest absolute Gasteiger partial charge is 0.211 e. The van der Waals surface area contributed by atoms with Crippen LogP contribution in [0.5, 0.6) is 0 Å². The highest BCUT2D eigenvalue weighted by Crippen LogP contribution is 2.06. The highest BCUT2D eigenvalue weighted by atomic mass is 14.0. The average molecular weight is 135 g/mol. The molecule has 0 bridgehead atoms. The summed E-state index contributed by atoms with van der Waals surface area (Å²) in [4.78, 5) is 0. The fraction of sp³-hybridized carbons (Fsp3) is 0.500. The molecule has 1 aromatic carbocycles. The zero-order valence-corrected chi connectivity index (χ0v) is 6.64. The number of aryl methyl sites for hydroxylation is 1. The third-order valence-electron chi connectivity index (χ3n) is 1.80. The normalized spacial score (nSPS) is 10.1. The summed E-state index contributed by atoms with van der Waals surface area (Å²) in [6.45, 7) is 2.24. The topological polar surface area (TPSA) is 0 Å². The molecule has 0 spiro atoms. The maximum atomic E-state index is 2.24. The number of hydrogen-bond acceptors (Lipinski definition) is 0. The summed E-state index contributed by atoms with van der Waals surface area (Å²) in [6, 6.07) is 8.63. The Morgan fingerprint density at radius 1 is 1.40 bits per heavy atom. The summed E-state index contributed by atoms with van der Waals surface area (Å²) in [5, 5.41) is 0. The van der Waals surface area contributed by atoms with Crippen LogP contribution in [0.3, 0.4) is 0 Å². The van der Waals surface area contributed by atoms with Crippen LogP contribution in [0, 0.1) is 0 Å². The summed E-state index contributed by atoms with van der Waals surface area (Å²) < 4.78 is 0. The van der Waals surface area contributed by atoms with E-state index in [0.29, 0.717) is 0 Å². The lowest BCUT2D eigenvalue weighted by Gasteiger charge is -2.00. The van der Waals surface area contributed by atoms with Gasteiger partial charge in [0.1, 0.15) is 0 Å². The molecule has 0 fully saturated rings. The molecule has 0 aliphatic rings. The Balaban J connectivity index is 2.15. The Morgan fingerprint density at radius 2 is 2.30 bits per heavy atom. The van der Waals surface area contributed by atoms with Crippen LogP contribution in [0.25, 0.3) is 0 Å². The van der Waals surface area contributed by atoms with Gasteiger partial charge in [0.25, 0.3) is 0 Å². The summed E-state index contributed by atoms with van der Waals surface area (Å²) in [7, 11) is 0. The summed E-state index contributed by atoms with van der Waals surface area (Å²) in [5.74, 6) is 0. The summed E-state index contributed by atoms with van der Waals surface area (Å²) in [6.07, 6.45) is 5.30. The molecule has 0 heterocycles. The molecular formula is C10H15-. The Labute approximate surface area is 63.2 Å². The average Bonchev–Trinajstić information content (AvgIpc) is 2.41. The van der Waals surface area contributed by atoms with E-state index in [9.17, 15) is 0 Å². The van der Waals surface area contributed by atoms with E-state index in [1.165, 1.54) is 31.2 Å². The molecule has 56 valence electrons. The molecule has 0 amide bonds. The van der Waals surface area contributed by atoms with Gasteiger partial charge in [-0.3, -0.25) is 0 Å². The predicted octanol–water partition coefficient (Wildman–Crippen LogP) is 3.14. The van der Waals surface area contributed by atoms with E-state index in [-0.39, 0.29) is 0 Å². The lowest BCUT2D eigenvalue weighted by atomic mass is 10.1.